The normalized spacial score (nSPS) is 17.2. The molecule has 1 heterocycles. The van der Waals surface area contributed by atoms with Gasteiger partial charge in [-0.05, 0) is 51.4 Å². The van der Waals surface area contributed by atoms with Crippen molar-refractivity contribution < 1.29 is 14.3 Å². The third-order valence-corrected chi connectivity index (χ3v) is 3.83. The number of carbonyl (C=O) groups is 1. The van der Waals surface area contributed by atoms with E-state index in [9.17, 15) is 4.79 Å². The molecule has 0 aromatic heterocycles. The maximum atomic E-state index is 11.0. The Bertz CT molecular complexity index is 488. The van der Waals surface area contributed by atoms with E-state index in [2.05, 4.69) is 67.7 Å². The van der Waals surface area contributed by atoms with Gasteiger partial charge in [-0.25, -0.2) is 0 Å². The summed E-state index contributed by atoms with van der Waals surface area (Å²) in [6, 6.07) is 0. The molecule has 1 fully saturated rings. The number of carbonyl (C=O) groups excluding carboxylic acids is 1. The molecule has 1 aliphatic rings. The zero-order valence-corrected chi connectivity index (χ0v) is 16.1. The zero-order valence-electron chi connectivity index (χ0n) is 16.1. The van der Waals surface area contributed by atoms with Crippen LogP contribution in [0.4, 0.5) is 0 Å². The lowest BCUT2D eigenvalue weighted by molar-refractivity contribution is -0.187. The third kappa shape index (κ3) is 13.6. The molecule has 0 aromatic rings. The van der Waals surface area contributed by atoms with E-state index < -0.39 is 0 Å². The van der Waals surface area contributed by atoms with Crippen LogP contribution < -0.4 is 0 Å². The minimum absolute atomic E-state index is 0.0269. The van der Waals surface area contributed by atoms with Crippen LogP contribution in [0.2, 0.25) is 0 Å². The van der Waals surface area contributed by atoms with Gasteiger partial charge in [-0.15, -0.1) is 0 Å². The number of rotatable bonds is 13. The molecule has 0 aliphatic carbocycles. The van der Waals surface area contributed by atoms with Crippen LogP contribution in [0.1, 0.15) is 58.3 Å². The first-order valence-corrected chi connectivity index (χ1v) is 9.82. The molecule has 0 N–H and O–H groups in total. The topological polar surface area (TPSA) is 35.5 Å². The third-order valence-electron chi connectivity index (χ3n) is 3.83. The molecule has 0 aromatic carbocycles. The zero-order chi connectivity index (χ0) is 18.7. The van der Waals surface area contributed by atoms with Crippen LogP contribution in [-0.4, -0.2) is 25.3 Å². The molecule has 0 atom stereocenters. The number of Topliss-reactive ketones (excluding diaryl/α,β-unsaturated/α-hetero) is 1. The van der Waals surface area contributed by atoms with Gasteiger partial charge in [-0.1, -0.05) is 67.7 Å². The molecule has 0 saturated carbocycles. The standard InChI is InChI=1S/C23H34O3/c1-2-3-4-5-6-7-8-9-10-11-12-13-14-15-16-17-18-19-23-25-20-22(24)21-26-23/h3-4,6-7,9-10,12-13,15-16,23H,2,5,8,11,14,17-21H2,1H3/b4-3-,7-6-,10-9-,13-12-,16-15-. The molecule has 0 bridgehead atoms. The van der Waals surface area contributed by atoms with Gasteiger partial charge in [-0.2, -0.15) is 0 Å². The number of allylic oxidation sites excluding steroid dienone is 10. The molecular formula is C23H34O3. The first kappa shape index (κ1) is 22.3. The highest BCUT2D eigenvalue weighted by atomic mass is 16.7. The van der Waals surface area contributed by atoms with Crippen molar-refractivity contribution in [2.75, 3.05) is 13.2 Å². The van der Waals surface area contributed by atoms with Gasteiger partial charge in [0.15, 0.2) is 12.1 Å². The molecule has 3 nitrogen and oxygen atoms in total. The van der Waals surface area contributed by atoms with Crippen molar-refractivity contribution in [2.24, 2.45) is 0 Å². The van der Waals surface area contributed by atoms with Crippen LogP contribution in [0.25, 0.3) is 0 Å². The summed E-state index contributed by atoms with van der Waals surface area (Å²) in [6.07, 6.45) is 29.9. The molecule has 1 saturated heterocycles. The van der Waals surface area contributed by atoms with Gasteiger partial charge < -0.3 is 9.47 Å². The fourth-order valence-electron chi connectivity index (χ4n) is 2.40. The molecule has 3 heteroatoms. The first-order valence-electron chi connectivity index (χ1n) is 9.82. The lowest BCUT2D eigenvalue weighted by Crippen LogP contribution is -2.31. The van der Waals surface area contributed by atoms with Gasteiger partial charge in [0.25, 0.3) is 0 Å². The minimum Gasteiger partial charge on any atom is -0.345 e. The largest absolute Gasteiger partial charge is 0.345 e. The fraction of sp³-hybridized carbons (Fsp3) is 0.522. The van der Waals surface area contributed by atoms with Crippen LogP contribution >= 0.6 is 0 Å². The Morgan fingerprint density at radius 1 is 0.769 bits per heavy atom. The van der Waals surface area contributed by atoms with E-state index in [0.717, 1.165) is 51.4 Å². The Hall–Kier alpha value is -1.71. The van der Waals surface area contributed by atoms with Gasteiger partial charge in [0, 0.05) is 0 Å². The molecule has 0 spiro atoms. The monoisotopic (exact) mass is 358 g/mol. The van der Waals surface area contributed by atoms with Crippen molar-refractivity contribution in [3.63, 3.8) is 0 Å². The fourth-order valence-corrected chi connectivity index (χ4v) is 2.40. The van der Waals surface area contributed by atoms with Crippen LogP contribution in [0, 0.1) is 0 Å². The van der Waals surface area contributed by atoms with Gasteiger partial charge in [-0.3, -0.25) is 4.79 Å². The summed E-state index contributed by atoms with van der Waals surface area (Å²) in [6.45, 7) is 2.55. The number of hydrogen-bond acceptors (Lipinski definition) is 3. The molecule has 26 heavy (non-hydrogen) atoms. The van der Waals surface area contributed by atoms with Crippen molar-refractivity contribution >= 4 is 5.78 Å². The van der Waals surface area contributed by atoms with Crippen LogP contribution in [0.15, 0.2) is 60.8 Å². The van der Waals surface area contributed by atoms with Crippen molar-refractivity contribution in [3.05, 3.63) is 60.8 Å². The van der Waals surface area contributed by atoms with Crippen LogP contribution in [0.5, 0.6) is 0 Å². The summed E-state index contributed by atoms with van der Waals surface area (Å²) in [5.41, 5.74) is 0. The van der Waals surface area contributed by atoms with E-state index in [1.54, 1.807) is 0 Å². The second-order valence-electron chi connectivity index (χ2n) is 6.23. The number of ketones is 1. The van der Waals surface area contributed by atoms with E-state index in [1.165, 1.54) is 0 Å². The summed E-state index contributed by atoms with van der Waals surface area (Å²) in [7, 11) is 0. The van der Waals surface area contributed by atoms with E-state index in [-0.39, 0.29) is 25.3 Å². The van der Waals surface area contributed by atoms with Crippen molar-refractivity contribution in [2.45, 2.75) is 64.6 Å². The van der Waals surface area contributed by atoms with Gasteiger partial charge in [0.1, 0.15) is 13.2 Å². The molecule has 0 radical (unpaired) electrons. The van der Waals surface area contributed by atoms with E-state index >= 15 is 0 Å². The number of hydrogen-bond donors (Lipinski definition) is 0. The highest BCUT2D eigenvalue weighted by molar-refractivity contribution is 5.81. The van der Waals surface area contributed by atoms with E-state index in [0.29, 0.717) is 0 Å². The van der Waals surface area contributed by atoms with Crippen LogP contribution in [-0.2, 0) is 14.3 Å². The predicted molar refractivity (Wildman–Crippen MR) is 109 cm³/mol. The Kier molecular flexibility index (Phi) is 14.4. The molecule has 0 unspecified atom stereocenters. The van der Waals surface area contributed by atoms with Crippen molar-refractivity contribution in [1.29, 1.82) is 0 Å². The number of ether oxygens (including phenoxy) is 2. The summed E-state index contributed by atoms with van der Waals surface area (Å²) in [5.74, 6) is 0.0269. The second kappa shape index (κ2) is 16.7. The molecule has 1 aliphatic heterocycles. The van der Waals surface area contributed by atoms with Gasteiger partial charge in [0.2, 0.25) is 0 Å². The molecule has 144 valence electrons. The highest BCUT2D eigenvalue weighted by Crippen LogP contribution is 2.11. The second-order valence-corrected chi connectivity index (χ2v) is 6.23. The quantitative estimate of drug-likeness (QED) is 0.306. The van der Waals surface area contributed by atoms with Crippen molar-refractivity contribution in [3.8, 4) is 0 Å². The van der Waals surface area contributed by atoms with Crippen molar-refractivity contribution in [1.82, 2.24) is 0 Å². The van der Waals surface area contributed by atoms with Gasteiger partial charge >= 0.3 is 0 Å². The maximum absolute atomic E-state index is 11.0. The number of unbranched alkanes of at least 4 members (excludes halogenated alkanes) is 1. The Morgan fingerprint density at radius 2 is 1.23 bits per heavy atom. The maximum Gasteiger partial charge on any atom is 0.184 e. The van der Waals surface area contributed by atoms with E-state index in [4.69, 9.17) is 9.47 Å². The Balaban J connectivity index is 1.91. The highest BCUT2D eigenvalue weighted by Gasteiger charge is 2.18. The SMILES string of the molecule is CC/C=C\C/C=C\C/C=C\C/C=C\C/C=C\CCCC1OCC(=O)CO1. The average Bonchev–Trinajstić information content (AvgIpc) is 2.66. The predicted octanol–water partition coefficient (Wildman–Crippen LogP) is 5.85. The average molecular weight is 359 g/mol. The molecule has 0 amide bonds. The summed E-state index contributed by atoms with van der Waals surface area (Å²) < 4.78 is 10.6. The summed E-state index contributed by atoms with van der Waals surface area (Å²) >= 11 is 0. The van der Waals surface area contributed by atoms with E-state index in [1.807, 2.05) is 0 Å². The van der Waals surface area contributed by atoms with Gasteiger partial charge in [0.05, 0.1) is 0 Å². The Labute approximate surface area is 159 Å². The first-order chi connectivity index (χ1) is 12.8. The molecular weight excluding hydrogens is 324 g/mol. The Morgan fingerprint density at radius 3 is 1.73 bits per heavy atom. The van der Waals surface area contributed by atoms with Crippen LogP contribution in [0.3, 0.4) is 0 Å². The summed E-state index contributed by atoms with van der Waals surface area (Å²) in [4.78, 5) is 11.0. The minimum atomic E-state index is -0.199. The summed E-state index contributed by atoms with van der Waals surface area (Å²) in [5, 5.41) is 0. The smallest absolute Gasteiger partial charge is 0.184 e. The molecule has 1 rings (SSSR count). The lowest BCUT2D eigenvalue weighted by Gasteiger charge is -2.21. The lowest BCUT2D eigenvalue weighted by atomic mass is 10.2.